The second-order valence-electron chi connectivity index (χ2n) is 28.7. The van der Waals surface area contributed by atoms with Crippen LogP contribution < -0.4 is 0 Å². The minimum atomic E-state index is -4.96. The highest BCUT2D eigenvalue weighted by Crippen LogP contribution is 2.45. The molecule has 3 N–H and O–H groups in total. The van der Waals surface area contributed by atoms with E-state index in [-0.39, 0.29) is 25.7 Å². The molecule has 570 valence electrons. The van der Waals surface area contributed by atoms with Crippen molar-refractivity contribution in [2.75, 3.05) is 39.6 Å². The second kappa shape index (κ2) is 68.8. The van der Waals surface area contributed by atoms with Crippen molar-refractivity contribution in [2.45, 2.75) is 419 Å². The number of aliphatic hydroxyl groups excluding tert-OH is 1. The van der Waals surface area contributed by atoms with Gasteiger partial charge in [0, 0.05) is 25.7 Å². The van der Waals surface area contributed by atoms with E-state index in [1.807, 2.05) is 0 Å². The number of hydrogen-bond donors (Lipinski definition) is 3. The molecule has 0 amide bonds. The van der Waals surface area contributed by atoms with Gasteiger partial charge in [-0.25, -0.2) is 9.13 Å². The second-order valence-corrected chi connectivity index (χ2v) is 31.6. The van der Waals surface area contributed by atoms with Crippen LogP contribution in [0.4, 0.5) is 0 Å². The molecule has 0 aromatic rings. The molecular formula is C77H150O17P2. The number of esters is 4. The van der Waals surface area contributed by atoms with Crippen molar-refractivity contribution in [1.29, 1.82) is 0 Å². The topological polar surface area (TPSA) is 237 Å². The molecule has 96 heavy (non-hydrogen) atoms. The highest BCUT2D eigenvalue weighted by molar-refractivity contribution is 7.47. The number of carbonyl (C=O) groups excluding carboxylic acids is 4. The molecule has 0 heterocycles. The minimum absolute atomic E-state index is 0.107. The molecule has 19 heteroatoms. The first-order chi connectivity index (χ1) is 46.4. The van der Waals surface area contributed by atoms with Gasteiger partial charge in [0.15, 0.2) is 12.2 Å². The third kappa shape index (κ3) is 70.5. The summed E-state index contributed by atoms with van der Waals surface area (Å²) in [5.74, 6) is -0.651. The van der Waals surface area contributed by atoms with Crippen LogP contribution in [0.2, 0.25) is 0 Å². The van der Waals surface area contributed by atoms with Crippen LogP contribution in [-0.4, -0.2) is 96.7 Å². The average Bonchev–Trinajstić information content (AvgIpc) is 2.00. The first kappa shape index (κ1) is 94.1. The molecule has 0 aliphatic carbocycles. The minimum Gasteiger partial charge on any atom is -0.462 e. The zero-order valence-corrected chi connectivity index (χ0v) is 64.5. The Morgan fingerprint density at radius 3 is 0.708 bits per heavy atom. The van der Waals surface area contributed by atoms with Crippen LogP contribution in [0, 0.1) is 11.8 Å². The molecule has 0 saturated carbocycles. The Bertz CT molecular complexity index is 1860. The van der Waals surface area contributed by atoms with Gasteiger partial charge in [-0.1, -0.05) is 350 Å². The zero-order valence-electron chi connectivity index (χ0n) is 62.7. The molecule has 0 saturated heterocycles. The molecule has 0 radical (unpaired) electrons. The highest BCUT2D eigenvalue weighted by atomic mass is 31.2. The lowest BCUT2D eigenvalue weighted by Crippen LogP contribution is -2.30. The lowest BCUT2D eigenvalue weighted by Gasteiger charge is -2.21. The van der Waals surface area contributed by atoms with E-state index in [9.17, 15) is 43.2 Å². The SMILES string of the molecule is CCCCCCCCCCCCCCCCCCCCCCC(=O)O[C@H](COC(=O)CCCCCCCCCCCCC(C)C)COP(=O)(O)OC[C@@H](O)COP(=O)(O)OC[C@@H](COC(=O)CCCCCCCCCC(C)C)OC(=O)CCCCCCCCCCCCCCC. The van der Waals surface area contributed by atoms with Gasteiger partial charge in [0.2, 0.25) is 0 Å². The van der Waals surface area contributed by atoms with Crippen LogP contribution in [0.1, 0.15) is 401 Å². The number of phosphoric acid groups is 2. The zero-order chi connectivity index (χ0) is 70.7. The van der Waals surface area contributed by atoms with Crippen molar-refractivity contribution in [3.05, 3.63) is 0 Å². The van der Waals surface area contributed by atoms with Gasteiger partial charge in [0.05, 0.1) is 26.4 Å². The fourth-order valence-corrected chi connectivity index (χ4v) is 13.4. The maximum absolute atomic E-state index is 13.1. The molecule has 0 aliphatic rings. The normalized spacial score (nSPS) is 14.0. The van der Waals surface area contributed by atoms with E-state index >= 15 is 0 Å². The Morgan fingerprint density at radius 2 is 0.479 bits per heavy atom. The van der Waals surface area contributed by atoms with Crippen LogP contribution >= 0.6 is 15.6 Å². The summed E-state index contributed by atoms with van der Waals surface area (Å²) in [5, 5.41) is 10.6. The van der Waals surface area contributed by atoms with E-state index in [1.54, 1.807) is 0 Å². The number of unbranched alkanes of at least 4 members (excludes halogenated alkanes) is 46. The Balaban J connectivity index is 5.22. The van der Waals surface area contributed by atoms with E-state index in [0.29, 0.717) is 31.6 Å². The van der Waals surface area contributed by atoms with E-state index in [2.05, 4.69) is 41.5 Å². The van der Waals surface area contributed by atoms with Crippen LogP contribution in [0.15, 0.2) is 0 Å². The summed E-state index contributed by atoms with van der Waals surface area (Å²) in [4.78, 5) is 72.8. The predicted molar refractivity (Wildman–Crippen MR) is 391 cm³/mol. The van der Waals surface area contributed by atoms with Crippen molar-refractivity contribution in [3.63, 3.8) is 0 Å². The number of ether oxygens (including phenoxy) is 4. The maximum atomic E-state index is 13.1. The van der Waals surface area contributed by atoms with Gasteiger partial charge < -0.3 is 33.8 Å². The molecular weight excluding hydrogens is 1260 g/mol. The molecule has 17 nitrogen and oxygen atoms in total. The van der Waals surface area contributed by atoms with Crippen LogP contribution in [0.3, 0.4) is 0 Å². The highest BCUT2D eigenvalue weighted by Gasteiger charge is 2.30. The standard InChI is InChI=1S/C77H150O17P2/c1-7-9-11-13-15-17-19-21-22-23-24-25-26-27-29-31-37-43-50-56-62-77(82)93-72(65-87-74(79)59-53-47-41-35-33-32-34-39-45-51-57-69(3)4)67-91-95(83,84)89-63-71(78)64-90-96(85,86)92-68-73(66-88-75(80)60-54-48-44-38-40-46-52-58-70(5)6)94-76(81)61-55-49-42-36-30-28-20-18-16-14-12-10-8-2/h69-73,78H,7-68H2,1-6H3,(H,83,84)(H,85,86)/t71-,72-,73-/m1/s1. The van der Waals surface area contributed by atoms with Crippen molar-refractivity contribution in [2.24, 2.45) is 11.8 Å². The van der Waals surface area contributed by atoms with Gasteiger partial charge in [-0.2, -0.15) is 0 Å². The van der Waals surface area contributed by atoms with E-state index < -0.39 is 97.5 Å². The molecule has 0 aromatic heterocycles. The van der Waals surface area contributed by atoms with Crippen LogP contribution in [-0.2, 0) is 65.4 Å². The van der Waals surface area contributed by atoms with Gasteiger partial charge >= 0.3 is 39.5 Å². The summed E-state index contributed by atoms with van der Waals surface area (Å²) in [5.41, 5.74) is 0. The van der Waals surface area contributed by atoms with E-state index in [4.69, 9.17) is 37.0 Å². The van der Waals surface area contributed by atoms with Crippen molar-refractivity contribution in [1.82, 2.24) is 0 Å². The summed E-state index contributed by atoms with van der Waals surface area (Å²) in [7, 11) is -9.91. The van der Waals surface area contributed by atoms with E-state index in [0.717, 1.165) is 102 Å². The van der Waals surface area contributed by atoms with Crippen molar-refractivity contribution < 1.29 is 80.2 Å². The maximum Gasteiger partial charge on any atom is 0.472 e. The number of phosphoric ester groups is 2. The van der Waals surface area contributed by atoms with Crippen LogP contribution in [0.5, 0.6) is 0 Å². The summed E-state index contributed by atoms with van der Waals surface area (Å²) in [6.07, 6.45) is 57.0. The Labute approximate surface area is 588 Å². The molecule has 5 atom stereocenters. The average molecular weight is 1410 g/mol. The first-order valence-electron chi connectivity index (χ1n) is 40.0. The lowest BCUT2D eigenvalue weighted by molar-refractivity contribution is -0.161. The third-order valence-electron chi connectivity index (χ3n) is 18.0. The molecule has 0 aliphatic heterocycles. The van der Waals surface area contributed by atoms with Gasteiger partial charge in [-0.3, -0.25) is 37.3 Å². The number of aliphatic hydroxyl groups is 1. The van der Waals surface area contributed by atoms with Gasteiger partial charge in [0.25, 0.3) is 0 Å². The molecule has 0 bridgehead atoms. The molecule has 0 spiro atoms. The van der Waals surface area contributed by atoms with Crippen molar-refractivity contribution >= 4 is 39.5 Å². The fourth-order valence-electron chi connectivity index (χ4n) is 11.8. The predicted octanol–water partition coefficient (Wildman–Crippen LogP) is 22.7. The fraction of sp³-hybridized carbons (Fsp3) is 0.948. The number of carbonyl (C=O) groups is 4. The molecule has 0 aromatic carbocycles. The Hall–Kier alpha value is -1.94. The summed E-state index contributed by atoms with van der Waals surface area (Å²) < 4.78 is 68.5. The largest absolute Gasteiger partial charge is 0.472 e. The van der Waals surface area contributed by atoms with E-state index in [1.165, 1.54) is 212 Å². The summed E-state index contributed by atoms with van der Waals surface area (Å²) >= 11 is 0. The molecule has 2 unspecified atom stereocenters. The van der Waals surface area contributed by atoms with Crippen LogP contribution in [0.25, 0.3) is 0 Å². The third-order valence-corrected chi connectivity index (χ3v) is 19.9. The lowest BCUT2D eigenvalue weighted by atomic mass is 10.0. The monoisotopic (exact) mass is 1410 g/mol. The Kier molecular flexibility index (Phi) is 67.4. The van der Waals surface area contributed by atoms with Gasteiger partial charge in [-0.15, -0.1) is 0 Å². The van der Waals surface area contributed by atoms with Gasteiger partial charge in [-0.05, 0) is 37.5 Å². The molecule has 0 rings (SSSR count). The smallest absolute Gasteiger partial charge is 0.462 e. The van der Waals surface area contributed by atoms with Crippen molar-refractivity contribution in [3.8, 4) is 0 Å². The first-order valence-corrected chi connectivity index (χ1v) is 43.0. The summed E-state index contributed by atoms with van der Waals surface area (Å²) in [6.45, 7) is 9.54. The quantitative estimate of drug-likeness (QED) is 0.0222. The molecule has 0 fully saturated rings. The Morgan fingerprint density at radius 1 is 0.281 bits per heavy atom. The number of rotatable bonds is 76. The van der Waals surface area contributed by atoms with Gasteiger partial charge in [0.1, 0.15) is 19.3 Å². The summed E-state index contributed by atoms with van der Waals surface area (Å²) in [6, 6.07) is 0. The number of hydrogen-bond acceptors (Lipinski definition) is 15.